The van der Waals surface area contributed by atoms with Gasteiger partial charge in [-0.25, -0.2) is 0 Å². The Morgan fingerprint density at radius 2 is 2.12 bits per heavy atom. The monoisotopic (exact) mass is 252 g/mol. The number of nitrogens with two attached hydrogens (primary N) is 1. The Kier molecular flexibility index (Phi) is 5.19. The summed E-state index contributed by atoms with van der Waals surface area (Å²) in [5, 5.41) is 3.52. The first kappa shape index (κ1) is 13.7. The molecule has 0 spiro atoms. The molecule has 0 aliphatic carbocycles. The maximum atomic E-state index is 11.7. The SMILES string of the molecule is C=CCC(N)C(=O)N[C@H](C)c1ccc(Cl)cc1. The van der Waals surface area contributed by atoms with Crippen LogP contribution in [0.1, 0.15) is 24.9 Å². The lowest BCUT2D eigenvalue weighted by Gasteiger charge is -2.17. The predicted molar refractivity (Wildman–Crippen MR) is 70.8 cm³/mol. The molecule has 0 bridgehead atoms. The normalized spacial score (nSPS) is 13.8. The minimum absolute atomic E-state index is 0.0874. The third-order valence-electron chi connectivity index (χ3n) is 2.49. The van der Waals surface area contributed by atoms with Crippen molar-refractivity contribution in [3.8, 4) is 0 Å². The molecule has 4 heteroatoms. The van der Waals surface area contributed by atoms with Crippen molar-refractivity contribution in [1.29, 1.82) is 0 Å². The van der Waals surface area contributed by atoms with E-state index < -0.39 is 6.04 Å². The van der Waals surface area contributed by atoms with E-state index in [2.05, 4.69) is 11.9 Å². The Morgan fingerprint density at radius 1 is 1.53 bits per heavy atom. The van der Waals surface area contributed by atoms with Crippen LogP contribution in [0.5, 0.6) is 0 Å². The average molecular weight is 253 g/mol. The summed E-state index contributed by atoms with van der Waals surface area (Å²) >= 11 is 5.80. The fourth-order valence-electron chi connectivity index (χ4n) is 1.44. The summed E-state index contributed by atoms with van der Waals surface area (Å²) in [4.78, 5) is 11.7. The van der Waals surface area contributed by atoms with Gasteiger partial charge in [0.2, 0.25) is 5.91 Å². The molecule has 0 radical (unpaired) electrons. The number of amides is 1. The van der Waals surface area contributed by atoms with Crippen LogP contribution in [-0.4, -0.2) is 11.9 Å². The van der Waals surface area contributed by atoms with Gasteiger partial charge in [0.1, 0.15) is 0 Å². The minimum Gasteiger partial charge on any atom is -0.348 e. The highest BCUT2D eigenvalue weighted by atomic mass is 35.5. The second-order valence-corrected chi connectivity index (χ2v) is 4.35. The van der Waals surface area contributed by atoms with Gasteiger partial charge in [-0.2, -0.15) is 0 Å². The summed E-state index contributed by atoms with van der Waals surface area (Å²) in [5.74, 6) is -0.174. The molecule has 0 aromatic heterocycles. The average Bonchev–Trinajstić information content (AvgIpc) is 2.30. The van der Waals surface area contributed by atoms with E-state index in [-0.39, 0.29) is 11.9 Å². The van der Waals surface area contributed by atoms with Crippen molar-refractivity contribution in [3.05, 3.63) is 47.5 Å². The van der Waals surface area contributed by atoms with E-state index in [9.17, 15) is 4.79 Å². The first-order valence-electron chi connectivity index (χ1n) is 5.47. The van der Waals surface area contributed by atoms with Gasteiger partial charge in [-0.05, 0) is 31.0 Å². The molecule has 3 N–H and O–H groups in total. The van der Waals surface area contributed by atoms with Crippen molar-refractivity contribution in [2.45, 2.75) is 25.4 Å². The number of benzene rings is 1. The molecule has 17 heavy (non-hydrogen) atoms. The molecular formula is C13H17ClN2O. The second-order valence-electron chi connectivity index (χ2n) is 3.91. The molecular weight excluding hydrogens is 236 g/mol. The van der Waals surface area contributed by atoms with Gasteiger partial charge >= 0.3 is 0 Å². The number of halogens is 1. The van der Waals surface area contributed by atoms with Gasteiger partial charge in [-0.1, -0.05) is 29.8 Å². The second kappa shape index (κ2) is 6.42. The summed E-state index contributed by atoms with van der Waals surface area (Å²) < 4.78 is 0. The molecule has 0 aliphatic heterocycles. The Bertz CT molecular complexity index is 389. The van der Waals surface area contributed by atoms with Crippen LogP contribution in [0.25, 0.3) is 0 Å². The molecule has 1 unspecified atom stereocenters. The third kappa shape index (κ3) is 4.21. The number of hydrogen-bond donors (Lipinski definition) is 2. The van der Waals surface area contributed by atoms with E-state index in [1.807, 2.05) is 19.1 Å². The van der Waals surface area contributed by atoms with Crippen molar-refractivity contribution in [2.24, 2.45) is 5.73 Å². The van der Waals surface area contributed by atoms with Crippen LogP contribution in [-0.2, 0) is 4.79 Å². The van der Waals surface area contributed by atoms with Crippen LogP contribution in [0, 0.1) is 0 Å². The maximum Gasteiger partial charge on any atom is 0.237 e. The van der Waals surface area contributed by atoms with Crippen molar-refractivity contribution < 1.29 is 4.79 Å². The van der Waals surface area contributed by atoms with Gasteiger partial charge < -0.3 is 11.1 Å². The Balaban J connectivity index is 2.59. The zero-order valence-electron chi connectivity index (χ0n) is 9.82. The number of nitrogens with one attached hydrogen (secondary N) is 1. The molecule has 0 saturated carbocycles. The van der Waals surface area contributed by atoms with Crippen molar-refractivity contribution in [3.63, 3.8) is 0 Å². The quantitative estimate of drug-likeness (QED) is 0.791. The molecule has 0 saturated heterocycles. The lowest BCUT2D eigenvalue weighted by Crippen LogP contribution is -2.41. The molecule has 1 rings (SSSR count). The Morgan fingerprint density at radius 3 is 2.65 bits per heavy atom. The molecule has 0 heterocycles. The van der Waals surface area contributed by atoms with Crippen molar-refractivity contribution in [2.75, 3.05) is 0 Å². The Labute approximate surface area is 107 Å². The smallest absolute Gasteiger partial charge is 0.237 e. The van der Waals surface area contributed by atoms with Gasteiger partial charge in [0, 0.05) is 5.02 Å². The molecule has 2 atom stereocenters. The standard InChI is InChI=1S/C13H17ClN2O/c1-3-4-12(15)13(17)16-9(2)10-5-7-11(14)8-6-10/h3,5-9,12H,1,4,15H2,2H3,(H,16,17)/t9-,12?/m1/s1. The van der Waals surface area contributed by atoms with E-state index in [0.29, 0.717) is 11.4 Å². The summed E-state index contributed by atoms with van der Waals surface area (Å²) in [7, 11) is 0. The first-order chi connectivity index (χ1) is 8.04. The number of carbonyl (C=O) groups is 1. The van der Waals surface area contributed by atoms with Crippen molar-refractivity contribution in [1.82, 2.24) is 5.32 Å². The van der Waals surface area contributed by atoms with Crippen LogP contribution >= 0.6 is 11.6 Å². The van der Waals surface area contributed by atoms with E-state index in [4.69, 9.17) is 17.3 Å². The lowest BCUT2D eigenvalue weighted by atomic mass is 10.1. The highest BCUT2D eigenvalue weighted by Gasteiger charge is 2.15. The van der Waals surface area contributed by atoms with E-state index in [1.54, 1.807) is 18.2 Å². The first-order valence-corrected chi connectivity index (χ1v) is 5.84. The van der Waals surface area contributed by atoms with Crippen LogP contribution < -0.4 is 11.1 Å². The molecule has 1 aromatic carbocycles. The topological polar surface area (TPSA) is 55.1 Å². The van der Waals surface area contributed by atoms with E-state index in [1.165, 1.54) is 0 Å². The molecule has 1 amide bonds. The molecule has 3 nitrogen and oxygen atoms in total. The summed E-state index contributed by atoms with van der Waals surface area (Å²) in [6, 6.07) is 6.73. The van der Waals surface area contributed by atoms with Gasteiger partial charge in [0.25, 0.3) is 0 Å². The zero-order valence-corrected chi connectivity index (χ0v) is 10.6. The molecule has 92 valence electrons. The zero-order chi connectivity index (χ0) is 12.8. The highest BCUT2D eigenvalue weighted by molar-refractivity contribution is 6.30. The van der Waals surface area contributed by atoms with Gasteiger partial charge in [-0.15, -0.1) is 6.58 Å². The summed E-state index contributed by atoms with van der Waals surface area (Å²) in [6.45, 7) is 5.46. The number of hydrogen-bond acceptors (Lipinski definition) is 2. The van der Waals surface area contributed by atoms with Gasteiger partial charge in [0.05, 0.1) is 12.1 Å². The van der Waals surface area contributed by atoms with E-state index in [0.717, 1.165) is 5.56 Å². The summed E-state index contributed by atoms with van der Waals surface area (Å²) in [6.07, 6.45) is 2.11. The minimum atomic E-state index is -0.540. The maximum absolute atomic E-state index is 11.7. The van der Waals surface area contributed by atoms with Crippen LogP contribution in [0.4, 0.5) is 0 Å². The fraction of sp³-hybridized carbons (Fsp3) is 0.308. The van der Waals surface area contributed by atoms with Crippen LogP contribution in [0.2, 0.25) is 5.02 Å². The lowest BCUT2D eigenvalue weighted by molar-refractivity contribution is -0.122. The van der Waals surface area contributed by atoms with Gasteiger partial charge in [-0.3, -0.25) is 4.79 Å². The largest absolute Gasteiger partial charge is 0.348 e. The van der Waals surface area contributed by atoms with Crippen molar-refractivity contribution >= 4 is 17.5 Å². The third-order valence-corrected chi connectivity index (χ3v) is 2.74. The molecule has 1 aromatic rings. The van der Waals surface area contributed by atoms with Crippen LogP contribution in [0.3, 0.4) is 0 Å². The summed E-state index contributed by atoms with van der Waals surface area (Å²) in [5.41, 5.74) is 6.67. The number of rotatable bonds is 5. The Hall–Kier alpha value is -1.32. The number of carbonyl (C=O) groups excluding carboxylic acids is 1. The van der Waals surface area contributed by atoms with Gasteiger partial charge in [0.15, 0.2) is 0 Å². The fourth-order valence-corrected chi connectivity index (χ4v) is 1.57. The van der Waals surface area contributed by atoms with E-state index >= 15 is 0 Å². The molecule has 0 fully saturated rings. The predicted octanol–water partition coefficient (Wildman–Crippen LogP) is 2.42. The highest BCUT2D eigenvalue weighted by Crippen LogP contribution is 2.16. The van der Waals surface area contributed by atoms with Crippen LogP contribution in [0.15, 0.2) is 36.9 Å². The molecule has 0 aliphatic rings.